The number of fused-ring (bicyclic) bond motifs is 3. The fraction of sp³-hybridized carbons (Fsp3) is 0.188. The second-order valence-corrected chi connectivity index (χ2v) is 6.85. The van der Waals surface area contributed by atoms with Crippen LogP contribution in [0.25, 0.3) is 11.1 Å². The predicted molar refractivity (Wildman–Crippen MR) is 76.7 cm³/mol. The van der Waals surface area contributed by atoms with E-state index < -0.39 is 21.6 Å². The Kier molecular flexibility index (Phi) is 3.61. The molecule has 2 nitrogen and oxygen atoms in total. The SMILES string of the molecule is [CH3][Sb][C](=O)OCC1c2ccccc2-c2ccccc21. The van der Waals surface area contributed by atoms with Crippen LogP contribution in [0.4, 0.5) is 4.79 Å². The third kappa shape index (κ3) is 2.30. The zero-order valence-corrected chi connectivity index (χ0v) is 13.2. The number of hydrogen-bond donors (Lipinski definition) is 0. The number of benzene rings is 2. The molecule has 0 aliphatic heterocycles. The van der Waals surface area contributed by atoms with E-state index in [1.807, 2.05) is 4.87 Å². The van der Waals surface area contributed by atoms with Gasteiger partial charge in [0.2, 0.25) is 0 Å². The van der Waals surface area contributed by atoms with E-state index in [1.54, 1.807) is 0 Å². The molecule has 1 aliphatic carbocycles. The molecule has 0 spiro atoms. The zero-order valence-electron chi connectivity index (χ0n) is 10.7. The van der Waals surface area contributed by atoms with Gasteiger partial charge in [-0.2, -0.15) is 0 Å². The first kappa shape index (κ1) is 12.7. The molecule has 95 valence electrons. The quantitative estimate of drug-likeness (QED) is 0.781. The summed E-state index contributed by atoms with van der Waals surface area (Å²) < 4.78 is 5.43. The normalized spacial score (nSPS) is 12.9. The van der Waals surface area contributed by atoms with Gasteiger partial charge in [0, 0.05) is 0 Å². The van der Waals surface area contributed by atoms with Crippen LogP contribution in [0.15, 0.2) is 48.5 Å². The molecule has 19 heavy (non-hydrogen) atoms. The fourth-order valence-corrected chi connectivity index (χ4v) is 3.24. The molecule has 1 radical (unpaired) electrons. The Bertz CT molecular complexity index is 576. The molecule has 3 heteroatoms. The minimum atomic E-state index is -0.803. The summed E-state index contributed by atoms with van der Waals surface area (Å²) in [6.45, 7) is 0.469. The van der Waals surface area contributed by atoms with E-state index in [2.05, 4.69) is 48.5 Å². The predicted octanol–water partition coefficient (Wildman–Crippen LogP) is 3.69. The second kappa shape index (κ2) is 5.38. The molecule has 0 unspecified atom stereocenters. The van der Waals surface area contributed by atoms with Crippen molar-refractivity contribution in [3.05, 3.63) is 59.7 Å². The Hall–Kier alpha value is -1.27. The molecule has 0 atom stereocenters. The van der Waals surface area contributed by atoms with Gasteiger partial charge in [0.25, 0.3) is 0 Å². The van der Waals surface area contributed by atoms with Crippen LogP contribution in [0, 0.1) is 0 Å². The van der Waals surface area contributed by atoms with Gasteiger partial charge in [-0.05, 0) is 0 Å². The van der Waals surface area contributed by atoms with Gasteiger partial charge in [0.1, 0.15) is 0 Å². The van der Waals surface area contributed by atoms with Crippen LogP contribution in [0.2, 0.25) is 4.87 Å². The van der Waals surface area contributed by atoms with Gasteiger partial charge in [0.05, 0.1) is 0 Å². The molecule has 0 N–H and O–H groups in total. The number of ether oxygens (including phenoxy) is 1. The van der Waals surface area contributed by atoms with Crippen LogP contribution in [0.5, 0.6) is 0 Å². The zero-order chi connectivity index (χ0) is 13.2. The molecule has 0 aromatic heterocycles. The van der Waals surface area contributed by atoms with Crippen molar-refractivity contribution < 1.29 is 9.53 Å². The van der Waals surface area contributed by atoms with Crippen LogP contribution in [0.3, 0.4) is 0 Å². The summed E-state index contributed by atoms with van der Waals surface area (Å²) in [6.07, 6.45) is 0. The fourth-order valence-electron chi connectivity index (χ4n) is 2.66. The Balaban J connectivity index is 1.98. The van der Waals surface area contributed by atoms with Gasteiger partial charge in [-0.3, -0.25) is 0 Å². The van der Waals surface area contributed by atoms with Crippen LogP contribution in [-0.4, -0.2) is 32.1 Å². The van der Waals surface area contributed by atoms with Gasteiger partial charge in [-0.1, -0.05) is 0 Å². The summed E-state index contributed by atoms with van der Waals surface area (Å²) in [6, 6.07) is 16.8. The summed E-state index contributed by atoms with van der Waals surface area (Å²) in [7, 11) is 0. The average molecular weight is 360 g/mol. The van der Waals surface area contributed by atoms with Gasteiger partial charge in [0.15, 0.2) is 0 Å². The molecule has 2 aromatic rings. The van der Waals surface area contributed by atoms with Crippen molar-refractivity contribution in [2.24, 2.45) is 0 Å². The summed E-state index contributed by atoms with van der Waals surface area (Å²) in [5.74, 6) is 0.193. The Morgan fingerprint density at radius 3 is 2.11 bits per heavy atom. The van der Waals surface area contributed by atoms with E-state index in [-0.39, 0.29) is 9.83 Å². The summed E-state index contributed by atoms with van der Waals surface area (Å²) in [4.78, 5) is 13.4. The summed E-state index contributed by atoms with van der Waals surface area (Å²) >= 11 is -0.803. The average Bonchev–Trinajstić information content (AvgIpc) is 2.79. The van der Waals surface area contributed by atoms with Crippen LogP contribution in [0.1, 0.15) is 17.0 Å². The monoisotopic (exact) mass is 359 g/mol. The first-order valence-electron chi connectivity index (χ1n) is 6.26. The number of rotatable bonds is 3. The van der Waals surface area contributed by atoms with Crippen molar-refractivity contribution in [1.29, 1.82) is 0 Å². The van der Waals surface area contributed by atoms with Crippen molar-refractivity contribution in [1.82, 2.24) is 0 Å². The minimum absolute atomic E-state index is 0.0128. The van der Waals surface area contributed by atoms with E-state index in [0.29, 0.717) is 6.61 Å². The summed E-state index contributed by atoms with van der Waals surface area (Å²) in [5, 5.41) is 0. The Morgan fingerprint density at radius 1 is 1.05 bits per heavy atom. The molecule has 2 aromatic carbocycles. The molecule has 0 fully saturated rings. The van der Waals surface area contributed by atoms with Gasteiger partial charge in [-0.25, -0.2) is 0 Å². The molecular formula is C16H14O2Sb. The standard InChI is InChI=1S/C15H11O2.CH3.Sb/c16-10-17-9-15-13-7-3-1-5-11(13)12-6-2-4-8-14(12)15;;/h1-8,15H,9H2;1H3;. The molecule has 0 saturated heterocycles. The molecule has 0 amide bonds. The maximum absolute atomic E-state index is 11.4. The van der Waals surface area contributed by atoms with Crippen molar-refractivity contribution in [2.75, 3.05) is 6.61 Å². The topological polar surface area (TPSA) is 26.3 Å². The van der Waals surface area contributed by atoms with Gasteiger partial charge in [-0.15, -0.1) is 0 Å². The summed E-state index contributed by atoms with van der Waals surface area (Å²) in [5.41, 5.74) is 5.09. The Morgan fingerprint density at radius 2 is 1.58 bits per heavy atom. The first-order valence-corrected chi connectivity index (χ1v) is 10.1. The van der Waals surface area contributed by atoms with Gasteiger partial charge < -0.3 is 0 Å². The van der Waals surface area contributed by atoms with E-state index in [1.165, 1.54) is 22.3 Å². The van der Waals surface area contributed by atoms with E-state index in [9.17, 15) is 4.79 Å². The van der Waals surface area contributed by atoms with Crippen molar-refractivity contribution in [2.45, 2.75) is 10.8 Å². The van der Waals surface area contributed by atoms with E-state index >= 15 is 0 Å². The van der Waals surface area contributed by atoms with Crippen molar-refractivity contribution >= 4 is 25.5 Å². The van der Waals surface area contributed by atoms with E-state index in [0.717, 1.165) is 0 Å². The molecule has 3 rings (SSSR count). The van der Waals surface area contributed by atoms with Gasteiger partial charge >= 0.3 is 123 Å². The van der Waals surface area contributed by atoms with Crippen molar-refractivity contribution in [3.8, 4) is 11.1 Å². The molecule has 0 heterocycles. The van der Waals surface area contributed by atoms with Crippen LogP contribution < -0.4 is 0 Å². The van der Waals surface area contributed by atoms with E-state index in [4.69, 9.17) is 4.74 Å². The molecular weight excluding hydrogens is 346 g/mol. The van der Waals surface area contributed by atoms with Crippen LogP contribution in [-0.2, 0) is 4.74 Å². The molecule has 0 bridgehead atoms. The number of hydrogen-bond acceptors (Lipinski definition) is 2. The third-order valence-electron chi connectivity index (χ3n) is 3.52. The maximum atomic E-state index is 11.4. The molecule has 1 aliphatic rings. The second-order valence-electron chi connectivity index (χ2n) is 4.53. The van der Waals surface area contributed by atoms with Crippen LogP contribution >= 0.6 is 0 Å². The number of carbonyl (C=O) groups is 1. The van der Waals surface area contributed by atoms with Crippen molar-refractivity contribution in [3.63, 3.8) is 0 Å². The number of carbonyl (C=O) groups excluding carboxylic acids is 1. The first-order chi connectivity index (χ1) is 9.31. The third-order valence-corrected chi connectivity index (χ3v) is 4.93. The molecule has 0 saturated carbocycles. The Labute approximate surface area is 123 Å².